The smallest absolute Gasteiger partial charge is 0.243 e. The fraction of sp³-hybridized carbons (Fsp3) is 0.632. The Kier molecular flexibility index (Phi) is 8.09. The van der Waals surface area contributed by atoms with Crippen LogP contribution < -0.4 is 10.6 Å². The van der Waals surface area contributed by atoms with Gasteiger partial charge >= 0.3 is 0 Å². The van der Waals surface area contributed by atoms with Crippen LogP contribution in [0.25, 0.3) is 0 Å². The van der Waals surface area contributed by atoms with E-state index >= 15 is 0 Å². The molecule has 2 saturated carbocycles. The Bertz CT molecular complexity index is 731. The summed E-state index contributed by atoms with van der Waals surface area (Å²) in [4.78, 5) is 12.3. The van der Waals surface area contributed by atoms with E-state index in [1.165, 1.54) is 23.6 Å². The normalized spacial score (nSPS) is 18.1. The van der Waals surface area contributed by atoms with Crippen molar-refractivity contribution in [1.29, 1.82) is 0 Å². The molecule has 3 rings (SSSR count). The average molecular weight is 416 g/mol. The fourth-order valence-corrected chi connectivity index (χ4v) is 4.92. The summed E-state index contributed by atoms with van der Waals surface area (Å²) < 4.78 is 27.4. The highest BCUT2D eigenvalue weighted by atomic mass is 35.5. The lowest BCUT2D eigenvalue weighted by atomic mass is 9.96. The Morgan fingerprint density at radius 3 is 2.52 bits per heavy atom. The zero-order valence-corrected chi connectivity index (χ0v) is 17.4. The molecular formula is C19H30ClN3O3S. The highest BCUT2D eigenvalue weighted by Crippen LogP contribution is 2.28. The largest absolute Gasteiger partial charge is 0.325 e. The van der Waals surface area contributed by atoms with Gasteiger partial charge in [0.05, 0.1) is 11.4 Å². The van der Waals surface area contributed by atoms with E-state index in [0.717, 1.165) is 32.2 Å². The van der Waals surface area contributed by atoms with Crippen LogP contribution in [0.15, 0.2) is 29.2 Å². The molecule has 1 aromatic carbocycles. The molecule has 0 radical (unpaired) electrons. The first-order valence-corrected chi connectivity index (χ1v) is 11.0. The highest BCUT2D eigenvalue weighted by molar-refractivity contribution is 7.89. The molecule has 8 heteroatoms. The third-order valence-electron chi connectivity index (χ3n) is 5.30. The van der Waals surface area contributed by atoms with Crippen LogP contribution in [0, 0.1) is 5.92 Å². The number of nitrogens with one attached hydrogen (secondary N) is 2. The first-order valence-electron chi connectivity index (χ1n) is 9.55. The zero-order valence-electron chi connectivity index (χ0n) is 15.8. The van der Waals surface area contributed by atoms with E-state index in [4.69, 9.17) is 0 Å². The molecule has 0 saturated heterocycles. The molecule has 0 aliphatic heterocycles. The Balaban J connectivity index is 0.00000261. The molecule has 2 fully saturated rings. The molecule has 2 aliphatic rings. The minimum atomic E-state index is -3.55. The number of halogens is 1. The third-order valence-corrected chi connectivity index (χ3v) is 7.21. The molecule has 0 unspecified atom stereocenters. The van der Waals surface area contributed by atoms with E-state index in [0.29, 0.717) is 11.6 Å². The summed E-state index contributed by atoms with van der Waals surface area (Å²) >= 11 is 0. The van der Waals surface area contributed by atoms with Crippen LogP contribution in [0.2, 0.25) is 0 Å². The molecule has 1 amide bonds. The van der Waals surface area contributed by atoms with Crippen LogP contribution in [0.1, 0.15) is 44.9 Å². The number of carbonyl (C=O) groups is 1. The summed E-state index contributed by atoms with van der Waals surface area (Å²) in [5.41, 5.74) is 0.515. The zero-order chi connectivity index (χ0) is 18.6. The summed E-state index contributed by atoms with van der Waals surface area (Å²) in [5, 5.41) is 5.92. The van der Waals surface area contributed by atoms with Gasteiger partial charge in [-0.3, -0.25) is 4.79 Å². The molecule has 152 valence electrons. The van der Waals surface area contributed by atoms with Crippen molar-refractivity contribution in [3.8, 4) is 0 Å². The number of nitrogens with zero attached hydrogens (tertiary/aromatic N) is 1. The van der Waals surface area contributed by atoms with E-state index in [9.17, 15) is 13.2 Å². The minimum absolute atomic E-state index is 0. The van der Waals surface area contributed by atoms with Crippen molar-refractivity contribution in [2.45, 2.75) is 55.9 Å². The Labute approximate surface area is 168 Å². The molecule has 1 aromatic rings. The van der Waals surface area contributed by atoms with E-state index < -0.39 is 10.0 Å². The van der Waals surface area contributed by atoms with Crippen LogP contribution in [-0.4, -0.2) is 44.8 Å². The Morgan fingerprint density at radius 1 is 1.15 bits per heavy atom. The first kappa shape index (κ1) is 22.1. The van der Waals surface area contributed by atoms with Gasteiger partial charge in [-0.2, -0.15) is 4.31 Å². The average Bonchev–Trinajstić information content (AvgIpc) is 3.46. The second kappa shape index (κ2) is 9.87. The lowest BCUT2D eigenvalue weighted by molar-refractivity contribution is -0.115. The Morgan fingerprint density at radius 2 is 1.85 bits per heavy atom. The van der Waals surface area contributed by atoms with Gasteiger partial charge < -0.3 is 10.6 Å². The van der Waals surface area contributed by atoms with Crippen LogP contribution in [-0.2, 0) is 14.8 Å². The second-order valence-electron chi connectivity index (χ2n) is 7.46. The number of hydrogen-bond acceptors (Lipinski definition) is 4. The SMILES string of the molecule is CN(C1CCCCC1)S(=O)(=O)c1cccc(NC(=O)CNCC2CC2)c1.Cl. The van der Waals surface area contributed by atoms with Crippen LogP contribution in [0.4, 0.5) is 5.69 Å². The lowest BCUT2D eigenvalue weighted by Crippen LogP contribution is -2.38. The van der Waals surface area contributed by atoms with Crippen molar-refractivity contribution in [1.82, 2.24) is 9.62 Å². The molecule has 6 nitrogen and oxygen atoms in total. The van der Waals surface area contributed by atoms with Crippen molar-refractivity contribution in [3.63, 3.8) is 0 Å². The molecule has 0 spiro atoms. The lowest BCUT2D eigenvalue weighted by Gasteiger charge is -2.30. The van der Waals surface area contributed by atoms with Crippen molar-refractivity contribution in [3.05, 3.63) is 24.3 Å². The standard InChI is InChI=1S/C19H29N3O3S.ClH/c1-22(17-7-3-2-4-8-17)26(24,25)18-9-5-6-16(12-18)21-19(23)14-20-13-15-10-11-15;/h5-6,9,12,15,17,20H,2-4,7-8,10-11,13-14H2,1H3,(H,21,23);1H. The summed E-state index contributed by atoms with van der Waals surface area (Å²) in [6.45, 7) is 1.11. The van der Waals surface area contributed by atoms with Gasteiger partial charge in [-0.1, -0.05) is 25.3 Å². The number of amides is 1. The molecule has 0 bridgehead atoms. The topological polar surface area (TPSA) is 78.5 Å². The maximum Gasteiger partial charge on any atom is 0.243 e. The maximum absolute atomic E-state index is 12.9. The molecule has 27 heavy (non-hydrogen) atoms. The summed E-state index contributed by atoms with van der Waals surface area (Å²) in [7, 11) is -1.89. The molecule has 0 heterocycles. The van der Waals surface area contributed by atoms with Crippen molar-refractivity contribution in [2.24, 2.45) is 5.92 Å². The number of hydrogen-bond donors (Lipinski definition) is 2. The summed E-state index contributed by atoms with van der Waals surface area (Å²) in [6.07, 6.45) is 7.65. The van der Waals surface area contributed by atoms with E-state index in [1.807, 2.05) is 0 Å². The predicted molar refractivity (Wildman–Crippen MR) is 110 cm³/mol. The van der Waals surface area contributed by atoms with Crippen molar-refractivity contribution < 1.29 is 13.2 Å². The quantitative estimate of drug-likeness (QED) is 0.684. The van der Waals surface area contributed by atoms with E-state index in [-0.39, 0.29) is 35.8 Å². The Hall–Kier alpha value is -1.15. The molecular weight excluding hydrogens is 386 g/mol. The molecule has 2 N–H and O–H groups in total. The van der Waals surface area contributed by atoms with Crippen molar-refractivity contribution >= 4 is 34.0 Å². The number of rotatable bonds is 8. The summed E-state index contributed by atoms with van der Waals surface area (Å²) in [6, 6.07) is 6.61. The second-order valence-corrected chi connectivity index (χ2v) is 9.46. The first-order chi connectivity index (χ1) is 12.5. The number of anilines is 1. The third kappa shape index (κ3) is 6.17. The highest BCUT2D eigenvalue weighted by Gasteiger charge is 2.29. The van der Waals surface area contributed by atoms with Gasteiger partial charge in [0.25, 0.3) is 0 Å². The number of carbonyl (C=O) groups excluding carboxylic acids is 1. The maximum atomic E-state index is 12.9. The van der Waals surface area contributed by atoms with Gasteiger partial charge in [-0.15, -0.1) is 12.4 Å². The molecule has 0 atom stereocenters. The number of benzene rings is 1. The van der Waals surface area contributed by atoms with Gasteiger partial charge in [0.2, 0.25) is 15.9 Å². The van der Waals surface area contributed by atoms with Gasteiger partial charge in [0.1, 0.15) is 0 Å². The monoisotopic (exact) mass is 415 g/mol. The van der Waals surface area contributed by atoms with Crippen LogP contribution >= 0.6 is 12.4 Å². The summed E-state index contributed by atoms with van der Waals surface area (Å²) in [5.74, 6) is 0.562. The van der Waals surface area contributed by atoms with E-state index in [2.05, 4.69) is 10.6 Å². The minimum Gasteiger partial charge on any atom is -0.325 e. The van der Waals surface area contributed by atoms with Gasteiger partial charge in [0, 0.05) is 18.8 Å². The van der Waals surface area contributed by atoms with Gasteiger partial charge in [-0.05, 0) is 56.3 Å². The fourth-order valence-electron chi connectivity index (χ4n) is 3.46. The number of sulfonamides is 1. The molecule has 0 aromatic heterocycles. The van der Waals surface area contributed by atoms with E-state index in [1.54, 1.807) is 31.3 Å². The van der Waals surface area contributed by atoms with Crippen LogP contribution in [0.5, 0.6) is 0 Å². The molecule has 2 aliphatic carbocycles. The van der Waals surface area contributed by atoms with Gasteiger partial charge in [-0.25, -0.2) is 8.42 Å². The van der Waals surface area contributed by atoms with Gasteiger partial charge in [0.15, 0.2) is 0 Å². The van der Waals surface area contributed by atoms with Crippen molar-refractivity contribution in [2.75, 3.05) is 25.5 Å². The van der Waals surface area contributed by atoms with Crippen LogP contribution in [0.3, 0.4) is 0 Å². The predicted octanol–water partition coefficient (Wildman–Crippen LogP) is 3.00.